The SMILES string of the molecule is O=C(Nc1cc(Cl)ccc1C(=O)O)c1ccccc1F. The van der Waals surface area contributed by atoms with Crippen LogP contribution in [-0.4, -0.2) is 17.0 Å². The van der Waals surface area contributed by atoms with Gasteiger partial charge in [-0.2, -0.15) is 0 Å². The highest BCUT2D eigenvalue weighted by molar-refractivity contribution is 6.31. The molecule has 0 saturated heterocycles. The van der Waals surface area contributed by atoms with Crippen molar-refractivity contribution in [3.8, 4) is 0 Å². The molecule has 102 valence electrons. The molecule has 2 N–H and O–H groups in total. The van der Waals surface area contributed by atoms with Crippen molar-refractivity contribution in [2.45, 2.75) is 0 Å². The van der Waals surface area contributed by atoms with Gasteiger partial charge < -0.3 is 10.4 Å². The minimum absolute atomic E-state index is 0.0123. The number of amides is 1. The van der Waals surface area contributed by atoms with Crippen molar-refractivity contribution < 1.29 is 19.1 Å². The van der Waals surface area contributed by atoms with Gasteiger partial charge in [-0.3, -0.25) is 4.79 Å². The molecule has 2 aromatic rings. The Morgan fingerprint density at radius 2 is 1.80 bits per heavy atom. The fraction of sp³-hybridized carbons (Fsp3) is 0. The molecule has 0 atom stereocenters. The highest BCUT2D eigenvalue weighted by Gasteiger charge is 2.16. The summed E-state index contributed by atoms with van der Waals surface area (Å²) in [7, 11) is 0. The first kappa shape index (κ1) is 14.0. The average Bonchev–Trinajstić information content (AvgIpc) is 2.38. The molecule has 0 fully saturated rings. The highest BCUT2D eigenvalue weighted by atomic mass is 35.5. The van der Waals surface area contributed by atoms with Crippen molar-refractivity contribution in [2.24, 2.45) is 0 Å². The third-order valence-corrected chi connectivity index (χ3v) is 2.81. The van der Waals surface area contributed by atoms with Crippen LogP contribution in [-0.2, 0) is 0 Å². The molecule has 0 bridgehead atoms. The van der Waals surface area contributed by atoms with E-state index in [1.807, 2.05) is 0 Å². The van der Waals surface area contributed by atoms with Gasteiger partial charge in [-0.25, -0.2) is 9.18 Å². The number of benzene rings is 2. The van der Waals surface area contributed by atoms with Gasteiger partial charge >= 0.3 is 5.97 Å². The molecular weight excluding hydrogens is 285 g/mol. The summed E-state index contributed by atoms with van der Waals surface area (Å²) >= 11 is 5.76. The Bertz CT molecular complexity index is 688. The fourth-order valence-corrected chi connectivity index (χ4v) is 1.81. The zero-order chi connectivity index (χ0) is 14.7. The zero-order valence-corrected chi connectivity index (χ0v) is 10.8. The summed E-state index contributed by atoms with van der Waals surface area (Å²) in [5, 5.41) is 11.6. The molecule has 0 heterocycles. The van der Waals surface area contributed by atoms with Crippen LogP contribution in [0.4, 0.5) is 10.1 Å². The number of hydrogen-bond donors (Lipinski definition) is 2. The molecule has 0 aromatic heterocycles. The largest absolute Gasteiger partial charge is 0.478 e. The van der Waals surface area contributed by atoms with E-state index < -0.39 is 17.7 Å². The smallest absolute Gasteiger partial charge is 0.337 e. The number of nitrogens with one attached hydrogen (secondary N) is 1. The van der Waals surface area contributed by atoms with Crippen LogP contribution in [0.15, 0.2) is 42.5 Å². The molecule has 0 spiro atoms. The maximum atomic E-state index is 13.5. The van der Waals surface area contributed by atoms with Gasteiger partial charge in [-0.1, -0.05) is 23.7 Å². The summed E-state index contributed by atoms with van der Waals surface area (Å²) in [5.74, 6) is -2.65. The molecule has 4 nitrogen and oxygen atoms in total. The number of carbonyl (C=O) groups excluding carboxylic acids is 1. The minimum Gasteiger partial charge on any atom is -0.478 e. The van der Waals surface area contributed by atoms with E-state index in [4.69, 9.17) is 16.7 Å². The molecule has 0 aliphatic carbocycles. The Morgan fingerprint density at radius 1 is 1.10 bits per heavy atom. The number of rotatable bonds is 3. The summed E-state index contributed by atoms with van der Waals surface area (Å²) in [5.41, 5.74) is -0.291. The zero-order valence-electron chi connectivity index (χ0n) is 10.1. The monoisotopic (exact) mass is 293 g/mol. The first-order chi connectivity index (χ1) is 9.49. The number of carboxylic acid groups (broad SMARTS) is 1. The minimum atomic E-state index is -1.22. The third kappa shape index (κ3) is 2.95. The van der Waals surface area contributed by atoms with Crippen molar-refractivity contribution in [1.29, 1.82) is 0 Å². The Labute approximate surface area is 118 Å². The van der Waals surface area contributed by atoms with Crippen LogP contribution >= 0.6 is 11.6 Å². The second-order valence-corrected chi connectivity index (χ2v) is 4.37. The van der Waals surface area contributed by atoms with Crippen LogP contribution in [0.25, 0.3) is 0 Å². The van der Waals surface area contributed by atoms with Gasteiger partial charge in [0.2, 0.25) is 0 Å². The van der Waals surface area contributed by atoms with E-state index in [2.05, 4.69) is 5.32 Å². The van der Waals surface area contributed by atoms with Gasteiger partial charge in [0, 0.05) is 5.02 Å². The maximum Gasteiger partial charge on any atom is 0.337 e. The van der Waals surface area contributed by atoms with Crippen LogP contribution in [0.5, 0.6) is 0 Å². The van der Waals surface area contributed by atoms with E-state index in [0.29, 0.717) is 0 Å². The number of aromatic carboxylic acids is 1. The average molecular weight is 294 g/mol. The highest BCUT2D eigenvalue weighted by Crippen LogP contribution is 2.22. The lowest BCUT2D eigenvalue weighted by Crippen LogP contribution is -2.16. The van der Waals surface area contributed by atoms with Crippen molar-refractivity contribution in [3.05, 3.63) is 64.4 Å². The summed E-state index contributed by atoms with van der Waals surface area (Å²) < 4.78 is 13.5. The van der Waals surface area contributed by atoms with E-state index in [-0.39, 0.29) is 21.8 Å². The molecule has 0 aliphatic heterocycles. The molecule has 2 aromatic carbocycles. The van der Waals surface area contributed by atoms with Crippen LogP contribution in [0.3, 0.4) is 0 Å². The van der Waals surface area contributed by atoms with E-state index in [1.165, 1.54) is 36.4 Å². The Balaban J connectivity index is 2.35. The van der Waals surface area contributed by atoms with Gasteiger partial charge in [-0.15, -0.1) is 0 Å². The summed E-state index contributed by atoms with van der Waals surface area (Å²) in [6.45, 7) is 0. The predicted octanol–water partition coefficient (Wildman–Crippen LogP) is 3.43. The summed E-state index contributed by atoms with van der Waals surface area (Å²) in [6.07, 6.45) is 0. The van der Waals surface area contributed by atoms with Gasteiger partial charge in [0.25, 0.3) is 5.91 Å². The predicted molar refractivity (Wildman–Crippen MR) is 72.8 cm³/mol. The number of carboxylic acids is 1. The summed E-state index contributed by atoms with van der Waals surface area (Å²) in [4.78, 5) is 23.0. The molecule has 6 heteroatoms. The summed E-state index contributed by atoms with van der Waals surface area (Å²) in [6, 6.07) is 9.36. The first-order valence-corrected chi connectivity index (χ1v) is 5.95. The maximum absolute atomic E-state index is 13.5. The molecule has 0 saturated carbocycles. The Hall–Kier alpha value is -2.40. The first-order valence-electron chi connectivity index (χ1n) is 5.58. The Kier molecular flexibility index (Phi) is 4.00. The van der Waals surface area contributed by atoms with Crippen LogP contribution in [0, 0.1) is 5.82 Å². The fourth-order valence-electron chi connectivity index (χ4n) is 1.64. The second kappa shape index (κ2) is 5.71. The van der Waals surface area contributed by atoms with E-state index in [9.17, 15) is 14.0 Å². The van der Waals surface area contributed by atoms with Crippen LogP contribution < -0.4 is 5.32 Å². The topological polar surface area (TPSA) is 66.4 Å². The lowest BCUT2D eigenvalue weighted by molar-refractivity contribution is 0.0698. The number of hydrogen-bond acceptors (Lipinski definition) is 2. The normalized spacial score (nSPS) is 10.1. The van der Waals surface area contributed by atoms with Crippen LogP contribution in [0.2, 0.25) is 5.02 Å². The lowest BCUT2D eigenvalue weighted by Gasteiger charge is -2.09. The van der Waals surface area contributed by atoms with Crippen LogP contribution in [0.1, 0.15) is 20.7 Å². The van der Waals surface area contributed by atoms with E-state index >= 15 is 0 Å². The number of anilines is 1. The second-order valence-electron chi connectivity index (χ2n) is 3.93. The lowest BCUT2D eigenvalue weighted by atomic mass is 10.1. The molecule has 20 heavy (non-hydrogen) atoms. The number of carbonyl (C=O) groups is 2. The van der Waals surface area contributed by atoms with Gasteiger partial charge in [0.1, 0.15) is 5.82 Å². The van der Waals surface area contributed by atoms with Crippen molar-refractivity contribution in [1.82, 2.24) is 0 Å². The van der Waals surface area contributed by atoms with Crippen molar-refractivity contribution >= 4 is 29.2 Å². The van der Waals surface area contributed by atoms with Crippen molar-refractivity contribution in [3.63, 3.8) is 0 Å². The van der Waals surface area contributed by atoms with E-state index in [1.54, 1.807) is 0 Å². The Morgan fingerprint density at radius 3 is 2.45 bits per heavy atom. The molecule has 0 aliphatic rings. The quantitative estimate of drug-likeness (QED) is 0.911. The molecule has 2 rings (SSSR count). The number of halogens is 2. The molecule has 1 amide bonds. The van der Waals surface area contributed by atoms with Crippen molar-refractivity contribution in [2.75, 3.05) is 5.32 Å². The van der Waals surface area contributed by atoms with Gasteiger partial charge in [0.05, 0.1) is 16.8 Å². The third-order valence-electron chi connectivity index (χ3n) is 2.58. The molecule has 0 unspecified atom stereocenters. The molecule has 0 radical (unpaired) electrons. The molecular formula is C14H9ClFNO3. The van der Waals surface area contributed by atoms with Gasteiger partial charge in [-0.05, 0) is 30.3 Å². The van der Waals surface area contributed by atoms with Gasteiger partial charge in [0.15, 0.2) is 0 Å². The van der Waals surface area contributed by atoms with E-state index in [0.717, 1.165) is 6.07 Å². The standard InChI is InChI=1S/C14H9ClFNO3/c15-8-5-6-10(14(19)20)12(7-8)17-13(18)9-3-1-2-4-11(9)16/h1-7H,(H,17,18)(H,19,20).